The molecule has 19 heavy (non-hydrogen) atoms. The Balaban J connectivity index is 1.62. The second-order valence-electron chi connectivity index (χ2n) is 5.79. The van der Waals surface area contributed by atoms with Crippen LogP contribution in [0, 0.1) is 0 Å². The number of nitrogens with zero attached hydrogens (tertiary/aromatic N) is 2. The molecule has 1 aromatic heterocycles. The summed E-state index contributed by atoms with van der Waals surface area (Å²) in [6.07, 6.45) is 7.67. The first-order valence-corrected chi connectivity index (χ1v) is 8.53. The third-order valence-electron chi connectivity index (χ3n) is 4.59. The second kappa shape index (κ2) is 5.83. The molecule has 106 valence electrons. The van der Waals surface area contributed by atoms with Gasteiger partial charge in [0.2, 0.25) is 5.89 Å². The second-order valence-corrected chi connectivity index (χ2v) is 7.08. The lowest BCUT2D eigenvalue weighted by Gasteiger charge is -2.20. The van der Waals surface area contributed by atoms with Gasteiger partial charge in [0.25, 0.3) is 0 Å². The lowest BCUT2D eigenvalue weighted by Crippen LogP contribution is -2.28. The first-order chi connectivity index (χ1) is 9.32. The van der Waals surface area contributed by atoms with Crippen LogP contribution in [-0.4, -0.2) is 28.5 Å². The van der Waals surface area contributed by atoms with Crippen LogP contribution in [0.4, 0.5) is 0 Å². The van der Waals surface area contributed by atoms with Crippen LogP contribution in [0.1, 0.15) is 57.2 Å². The van der Waals surface area contributed by atoms with Crippen molar-refractivity contribution in [1.29, 1.82) is 0 Å². The van der Waals surface area contributed by atoms with E-state index < -0.39 is 0 Å². The van der Waals surface area contributed by atoms with E-state index in [1.54, 1.807) is 0 Å². The van der Waals surface area contributed by atoms with Crippen LogP contribution in [0.3, 0.4) is 0 Å². The number of hydrogen-bond donors (Lipinski definition) is 1. The molecule has 4 nitrogen and oxygen atoms in total. The summed E-state index contributed by atoms with van der Waals surface area (Å²) in [5.74, 6) is 2.63. The molecule has 2 aliphatic rings. The van der Waals surface area contributed by atoms with E-state index in [-0.39, 0.29) is 5.41 Å². The molecule has 0 aromatic carbocycles. The van der Waals surface area contributed by atoms with Gasteiger partial charge in [0.15, 0.2) is 5.82 Å². The van der Waals surface area contributed by atoms with Crippen molar-refractivity contribution in [2.75, 3.05) is 13.1 Å². The van der Waals surface area contributed by atoms with Crippen LogP contribution in [0.2, 0.25) is 0 Å². The van der Waals surface area contributed by atoms with E-state index in [0.717, 1.165) is 48.6 Å². The van der Waals surface area contributed by atoms with Crippen molar-refractivity contribution in [3.05, 3.63) is 11.7 Å². The molecule has 2 heterocycles. The molecule has 0 amide bonds. The third kappa shape index (κ3) is 2.82. The Bertz CT molecular complexity index is 409. The van der Waals surface area contributed by atoms with E-state index in [9.17, 15) is 0 Å². The largest absolute Gasteiger partial charge is 0.339 e. The molecular weight excluding hydrogens is 258 g/mol. The van der Waals surface area contributed by atoms with Gasteiger partial charge in [0, 0.05) is 11.8 Å². The molecule has 0 spiro atoms. The molecule has 1 aromatic rings. The van der Waals surface area contributed by atoms with Crippen LogP contribution in [-0.2, 0) is 11.2 Å². The molecule has 1 aliphatic heterocycles. The van der Waals surface area contributed by atoms with Crippen LogP contribution in [0.15, 0.2) is 4.52 Å². The zero-order chi connectivity index (χ0) is 13.1. The summed E-state index contributed by atoms with van der Waals surface area (Å²) in [6.45, 7) is 4.24. The van der Waals surface area contributed by atoms with Gasteiger partial charge in [-0.3, -0.25) is 0 Å². The zero-order valence-corrected chi connectivity index (χ0v) is 12.5. The Kier molecular flexibility index (Phi) is 4.12. The minimum absolute atomic E-state index is 0.0866. The van der Waals surface area contributed by atoms with Crippen molar-refractivity contribution < 1.29 is 4.52 Å². The summed E-state index contributed by atoms with van der Waals surface area (Å²) < 4.78 is 5.54. The lowest BCUT2D eigenvalue weighted by atomic mass is 9.84. The minimum atomic E-state index is 0.0866. The number of aromatic nitrogens is 2. The highest BCUT2D eigenvalue weighted by molar-refractivity contribution is 7.99. The maximum atomic E-state index is 5.54. The number of rotatable bonds is 5. The first kappa shape index (κ1) is 13.4. The Morgan fingerprint density at radius 2 is 2.26 bits per heavy atom. The summed E-state index contributed by atoms with van der Waals surface area (Å²) in [7, 11) is 0. The fourth-order valence-corrected chi connectivity index (χ4v) is 4.32. The van der Waals surface area contributed by atoms with Gasteiger partial charge >= 0.3 is 0 Å². The van der Waals surface area contributed by atoms with E-state index in [1.165, 1.54) is 25.7 Å². The van der Waals surface area contributed by atoms with Crippen molar-refractivity contribution in [3.8, 4) is 0 Å². The highest BCUT2D eigenvalue weighted by Crippen LogP contribution is 2.34. The first-order valence-electron chi connectivity index (χ1n) is 7.48. The van der Waals surface area contributed by atoms with Crippen LogP contribution in [0.5, 0.6) is 0 Å². The number of thioether (sulfide) groups is 1. The van der Waals surface area contributed by atoms with E-state index in [4.69, 9.17) is 4.52 Å². The molecular formula is C14H23N3OS. The summed E-state index contributed by atoms with van der Waals surface area (Å²) in [5.41, 5.74) is 0.0866. The molecule has 0 radical (unpaired) electrons. The fraction of sp³-hybridized carbons (Fsp3) is 0.857. The number of nitrogens with one attached hydrogen (secondary N) is 1. The predicted molar refractivity (Wildman–Crippen MR) is 77.3 cm³/mol. The quantitative estimate of drug-likeness (QED) is 0.899. The maximum absolute atomic E-state index is 5.54. The topological polar surface area (TPSA) is 51.0 Å². The summed E-state index contributed by atoms with van der Waals surface area (Å²) in [6, 6.07) is 0. The Labute approximate surface area is 119 Å². The zero-order valence-electron chi connectivity index (χ0n) is 11.7. The third-order valence-corrected chi connectivity index (χ3v) is 5.96. The van der Waals surface area contributed by atoms with E-state index in [1.807, 2.05) is 11.8 Å². The average molecular weight is 281 g/mol. The van der Waals surface area contributed by atoms with E-state index in [2.05, 4.69) is 22.4 Å². The molecule has 1 N–H and O–H groups in total. The number of hydrogen-bond acceptors (Lipinski definition) is 5. The highest BCUT2D eigenvalue weighted by Gasteiger charge is 2.39. The van der Waals surface area contributed by atoms with Crippen molar-refractivity contribution >= 4 is 11.8 Å². The molecule has 2 fully saturated rings. The van der Waals surface area contributed by atoms with Crippen molar-refractivity contribution in [2.45, 2.75) is 61.9 Å². The monoisotopic (exact) mass is 281 g/mol. The van der Waals surface area contributed by atoms with E-state index in [0.29, 0.717) is 0 Å². The molecule has 3 rings (SSSR count). The van der Waals surface area contributed by atoms with Gasteiger partial charge in [-0.05, 0) is 32.2 Å². The standard InChI is InChI=1S/C14H23N3OS/c1-2-14(7-8-15-10-14)13-16-12(17-18-13)9-19-11-5-3-4-6-11/h11,15H,2-10H2,1H3. The van der Waals surface area contributed by atoms with Gasteiger partial charge in [0.05, 0.1) is 11.2 Å². The predicted octanol–water partition coefficient (Wildman–Crippen LogP) is 2.89. The fourth-order valence-electron chi connectivity index (χ4n) is 3.15. The Morgan fingerprint density at radius 1 is 1.42 bits per heavy atom. The van der Waals surface area contributed by atoms with Crippen LogP contribution < -0.4 is 5.32 Å². The molecule has 1 saturated carbocycles. The maximum Gasteiger partial charge on any atom is 0.234 e. The van der Waals surface area contributed by atoms with Crippen molar-refractivity contribution in [2.24, 2.45) is 0 Å². The summed E-state index contributed by atoms with van der Waals surface area (Å²) >= 11 is 2.00. The molecule has 1 aliphatic carbocycles. The van der Waals surface area contributed by atoms with Crippen molar-refractivity contribution in [3.63, 3.8) is 0 Å². The van der Waals surface area contributed by atoms with Gasteiger partial charge < -0.3 is 9.84 Å². The molecule has 1 atom stereocenters. The van der Waals surface area contributed by atoms with Crippen molar-refractivity contribution in [1.82, 2.24) is 15.5 Å². The summed E-state index contributed by atoms with van der Waals surface area (Å²) in [4.78, 5) is 4.66. The van der Waals surface area contributed by atoms with Gasteiger partial charge in [-0.25, -0.2) is 0 Å². The van der Waals surface area contributed by atoms with Gasteiger partial charge in [-0.1, -0.05) is 24.9 Å². The van der Waals surface area contributed by atoms with Gasteiger partial charge in [-0.15, -0.1) is 0 Å². The minimum Gasteiger partial charge on any atom is -0.339 e. The molecule has 1 saturated heterocycles. The smallest absolute Gasteiger partial charge is 0.234 e. The van der Waals surface area contributed by atoms with Crippen LogP contribution >= 0.6 is 11.8 Å². The highest BCUT2D eigenvalue weighted by atomic mass is 32.2. The summed E-state index contributed by atoms with van der Waals surface area (Å²) in [5, 5.41) is 8.41. The SMILES string of the molecule is CCC1(c2nc(CSC3CCCC3)no2)CCNC1. The molecule has 5 heteroatoms. The van der Waals surface area contributed by atoms with Gasteiger partial charge in [0.1, 0.15) is 0 Å². The lowest BCUT2D eigenvalue weighted by molar-refractivity contribution is 0.284. The molecule has 1 unspecified atom stereocenters. The Morgan fingerprint density at radius 3 is 2.95 bits per heavy atom. The van der Waals surface area contributed by atoms with Crippen LogP contribution in [0.25, 0.3) is 0 Å². The Hall–Kier alpha value is -0.550. The average Bonchev–Trinajstić information content (AvgIpc) is 3.17. The van der Waals surface area contributed by atoms with E-state index >= 15 is 0 Å². The molecule has 0 bridgehead atoms. The van der Waals surface area contributed by atoms with Gasteiger partial charge in [-0.2, -0.15) is 16.7 Å². The normalized spacial score (nSPS) is 28.3.